The Balaban J connectivity index is 2.15. The van der Waals surface area contributed by atoms with Crippen LogP contribution in [0.15, 0.2) is 46.0 Å². The van der Waals surface area contributed by atoms with Crippen LogP contribution in [-0.4, -0.2) is 34.5 Å². The van der Waals surface area contributed by atoms with E-state index >= 15 is 0 Å². The molecule has 0 saturated heterocycles. The summed E-state index contributed by atoms with van der Waals surface area (Å²) >= 11 is 0. The van der Waals surface area contributed by atoms with Crippen molar-refractivity contribution in [2.75, 3.05) is 19.5 Å². The van der Waals surface area contributed by atoms with Crippen LogP contribution in [0.25, 0.3) is 5.69 Å². The van der Waals surface area contributed by atoms with Crippen LogP contribution in [0.2, 0.25) is 0 Å². The highest BCUT2D eigenvalue weighted by Gasteiger charge is 2.19. The van der Waals surface area contributed by atoms with Gasteiger partial charge in [0.05, 0.1) is 26.5 Å². The molecule has 31 heavy (non-hydrogen) atoms. The Morgan fingerprint density at radius 2 is 1.84 bits per heavy atom. The first-order valence-corrected chi connectivity index (χ1v) is 8.93. The van der Waals surface area contributed by atoms with Gasteiger partial charge in [0.15, 0.2) is 11.6 Å². The van der Waals surface area contributed by atoms with Crippen molar-refractivity contribution in [3.05, 3.63) is 74.4 Å². The number of ether oxygens (including phenoxy) is 2. The Morgan fingerprint density at radius 1 is 1.10 bits per heavy atom. The average molecular weight is 432 g/mol. The minimum Gasteiger partial charge on any atom is -0.494 e. The number of halogens is 2. The van der Waals surface area contributed by atoms with Gasteiger partial charge in [-0.25, -0.2) is 13.8 Å². The molecule has 3 rings (SSSR count). The van der Waals surface area contributed by atoms with E-state index in [-0.39, 0.29) is 22.9 Å². The van der Waals surface area contributed by atoms with E-state index in [2.05, 4.69) is 10.4 Å². The standard InChI is InChI=1S/C20H18F2N4O5/c1-11(27)23-13-5-4-6-14(9-13)26-20(29)25(19(28)18(24-26)31-3)10-12-7-8-15(30-2)17(22)16(12)21/h4-9H,10H2,1-3H3,(H,23,27). The van der Waals surface area contributed by atoms with Crippen molar-refractivity contribution in [1.29, 1.82) is 0 Å². The molecule has 0 unspecified atom stereocenters. The Hall–Kier alpha value is -4.02. The first-order valence-electron chi connectivity index (χ1n) is 8.93. The van der Waals surface area contributed by atoms with Gasteiger partial charge in [0, 0.05) is 18.2 Å². The van der Waals surface area contributed by atoms with Crippen LogP contribution in [0.4, 0.5) is 14.5 Å². The largest absolute Gasteiger partial charge is 0.494 e. The lowest BCUT2D eigenvalue weighted by atomic mass is 10.2. The molecule has 0 spiro atoms. The Labute approximate surface area is 174 Å². The molecule has 0 aliphatic rings. The van der Waals surface area contributed by atoms with Crippen molar-refractivity contribution >= 4 is 11.6 Å². The molecule has 0 atom stereocenters. The average Bonchev–Trinajstić information content (AvgIpc) is 2.74. The number of anilines is 1. The molecule has 11 heteroatoms. The highest BCUT2D eigenvalue weighted by atomic mass is 19.2. The molecule has 1 N–H and O–H groups in total. The number of nitrogens with zero attached hydrogens (tertiary/aromatic N) is 3. The van der Waals surface area contributed by atoms with Crippen LogP contribution in [0.5, 0.6) is 11.6 Å². The molecular weight excluding hydrogens is 414 g/mol. The van der Waals surface area contributed by atoms with Gasteiger partial charge in [0.25, 0.3) is 5.88 Å². The molecule has 1 heterocycles. The van der Waals surface area contributed by atoms with Crippen molar-refractivity contribution in [3.8, 4) is 17.3 Å². The van der Waals surface area contributed by atoms with Gasteiger partial charge in [-0.15, -0.1) is 5.10 Å². The number of carbonyl (C=O) groups excluding carboxylic acids is 1. The van der Waals surface area contributed by atoms with E-state index in [9.17, 15) is 23.2 Å². The molecule has 162 valence electrons. The molecule has 1 amide bonds. The number of aromatic nitrogens is 3. The molecule has 2 aromatic carbocycles. The van der Waals surface area contributed by atoms with Gasteiger partial charge in [0.2, 0.25) is 11.7 Å². The summed E-state index contributed by atoms with van der Waals surface area (Å²) in [6.07, 6.45) is 0. The third kappa shape index (κ3) is 4.29. The molecule has 3 aromatic rings. The Bertz CT molecular complexity index is 1270. The minimum absolute atomic E-state index is 0.213. The second kappa shape index (κ2) is 8.78. The van der Waals surface area contributed by atoms with Gasteiger partial charge < -0.3 is 14.8 Å². The third-order valence-electron chi connectivity index (χ3n) is 4.31. The fourth-order valence-electron chi connectivity index (χ4n) is 2.87. The second-order valence-corrected chi connectivity index (χ2v) is 6.38. The van der Waals surface area contributed by atoms with Crippen LogP contribution >= 0.6 is 0 Å². The monoisotopic (exact) mass is 432 g/mol. The molecule has 0 fully saturated rings. The smallest absolute Gasteiger partial charge is 0.352 e. The van der Waals surface area contributed by atoms with E-state index in [4.69, 9.17) is 9.47 Å². The number of carbonyl (C=O) groups is 1. The molecule has 0 aliphatic carbocycles. The first-order chi connectivity index (χ1) is 14.8. The lowest BCUT2D eigenvalue weighted by molar-refractivity contribution is -0.114. The van der Waals surface area contributed by atoms with Crippen LogP contribution < -0.4 is 26.0 Å². The van der Waals surface area contributed by atoms with Crippen molar-refractivity contribution in [1.82, 2.24) is 14.3 Å². The topological polar surface area (TPSA) is 104 Å². The Morgan fingerprint density at radius 3 is 2.48 bits per heavy atom. The van der Waals surface area contributed by atoms with Gasteiger partial charge in [-0.3, -0.25) is 9.59 Å². The summed E-state index contributed by atoms with van der Waals surface area (Å²) in [5.74, 6) is -3.55. The summed E-state index contributed by atoms with van der Waals surface area (Å²) in [5.41, 5.74) is -1.48. The summed E-state index contributed by atoms with van der Waals surface area (Å²) < 4.78 is 39.7. The zero-order valence-corrected chi connectivity index (χ0v) is 16.8. The molecule has 0 radical (unpaired) electrons. The molecule has 9 nitrogen and oxygen atoms in total. The maximum absolute atomic E-state index is 14.4. The number of amides is 1. The molecule has 0 saturated carbocycles. The van der Waals surface area contributed by atoms with Crippen molar-refractivity contribution in [2.45, 2.75) is 13.5 Å². The van der Waals surface area contributed by atoms with Crippen LogP contribution in [0.1, 0.15) is 12.5 Å². The van der Waals surface area contributed by atoms with Gasteiger partial charge in [-0.1, -0.05) is 12.1 Å². The quantitative estimate of drug-likeness (QED) is 0.636. The maximum Gasteiger partial charge on any atom is 0.352 e. The van der Waals surface area contributed by atoms with Gasteiger partial charge >= 0.3 is 11.2 Å². The molecule has 0 bridgehead atoms. The summed E-state index contributed by atoms with van der Waals surface area (Å²) in [7, 11) is 2.37. The number of hydrogen-bond acceptors (Lipinski definition) is 6. The summed E-state index contributed by atoms with van der Waals surface area (Å²) in [4.78, 5) is 36.9. The number of nitrogens with one attached hydrogen (secondary N) is 1. The second-order valence-electron chi connectivity index (χ2n) is 6.38. The van der Waals surface area contributed by atoms with Gasteiger partial charge in [-0.2, -0.15) is 9.07 Å². The summed E-state index contributed by atoms with van der Waals surface area (Å²) in [5, 5.41) is 6.47. The van der Waals surface area contributed by atoms with E-state index in [1.54, 1.807) is 12.1 Å². The zero-order valence-electron chi connectivity index (χ0n) is 16.8. The molecular formula is C20H18F2N4O5. The van der Waals surface area contributed by atoms with Gasteiger partial charge in [0.1, 0.15) is 0 Å². The maximum atomic E-state index is 14.4. The van der Waals surface area contributed by atoms with Crippen LogP contribution in [0.3, 0.4) is 0 Å². The van der Waals surface area contributed by atoms with E-state index in [0.29, 0.717) is 10.3 Å². The summed E-state index contributed by atoms with van der Waals surface area (Å²) in [6, 6.07) is 8.53. The highest BCUT2D eigenvalue weighted by molar-refractivity contribution is 5.88. The number of methoxy groups -OCH3 is 2. The molecule has 1 aromatic heterocycles. The van der Waals surface area contributed by atoms with Crippen molar-refractivity contribution < 1.29 is 23.0 Å². The predicted molar refractivity (Wildman–Crippen MR) is 107 cm³/mol. The van der Waals surface area contributed by atoms with E-state index in [1.165, 1.54) is 45.4 Å². The first kappa shape index (κ1) is 21.7. The lowest BCUT2D eigenvalue weighted by Crippen LogP contribution is -2.41. The Kier molecular flexibility index (Phi) is 6.14. The van der Waals surface area contributed by atoms with E-state index in [1.807, 2.05) is 0 Å². The SMILES string of the molecule is COc1ccc(Cn2c(=O)c(OC)nn(-c3cccc(NC(C)=O)c3)c2=O)c(F)c1F. The fraction of sp³-hybridized carbons (Fsp3) is 0.200. The number of hydrogen-bond donors (Lipinski definition) is 1. The predicted octanol–water partition coefficient (Wildman–Crippen LogP) is 1.70. The molecule has 0 aliphatic heterocycles. The highest BCUT2D eigenvalue weighted by Crippen LogP contribution is 2.22. The number of benzene rings is 2. The number of rotatable bonds is 6. The summed E-state index contributed by atoms with van der Waals surface area (Å²) in [6.45, 7) is 0.748. The minimum atomic E-state index is -1.25. The van der Waals surface area contributed by atoms with E-state index < -0.39 is 35.3 Å². The van der Waals surface area contributed by atoms with Crippen molar-refractivity contribution in [3.63, 3.8) is 0 Å². The fourth-order valence-corrected chi connectivity index (χ4v) is 2.87. The third-order valence-corrected chi connectivity index (χ3v) is 4.31. The van der Waals surface area contributed by atoms with Gasteiger partial charge in [-0.05, 0) is 24.3 Å². The van der Waals surface area contributed by atoms with Crippen molar-refractivity contribution in [2.24, 2.45) is 0 Å². The van der Waals surface area contributed by atoms with Crippen LogP contribution in [-0.2, 0) is 11.3 Å². The normalized spacial score (nSPS) is 10.6. The van der Waals surface area contributed by atoms with Crippen LogP contribution in [0, 0.1) is 11.6 Å². The van der Waals surface area contributed by atoms with E-state index in [0.717, 1.165) is 4.68 Å². The zero-order chi connectivity index (χ0) is 22.7. The lowest BCUT2D eigenvalue weighted by Gasteiger charge is -2.13.